The summed E-state index contributed by atoms with van der Waals surface area (Å²) in [5.74, 6) is 1.30. The molecule has 1 aromatic heterocycles. The van der Waals surface area contributed by atoms with Crippen molar-refractivity contribution >= 4 is 22.8 Å². The molecule has 1 saturated heterocycles. The number of urea groups is 1. The fourth-order valence-electron chi connectivity index (χ4n) is 3.09. The maximum absolute atomic E-state index is 12.1. The number of oxazole rings is 1. The molecule has 0 bridgehead atoms. The van der Waals surface area contributed by atoms with Crippen LogP contribution in [0.1, 0.15) is 31.6 Å². The third-order valence-electron chi connectivity index (χ3n) is 4.82. The number of morpholine rings is 1. The van der Waals surface area contributed by atoms with Crippen molar-refractivity contribution in [2.75, 3.05) is 38.2 Å². The first-order valence-electron chi connectivity index (χ1n) is 8.96. The molecule has 2 fully saturated rings. The Morgan fingerprint density at radius 3 is 2.92 bits per heavy atom. The molecule has 2 N–H and O–H groups in total. The van der Waals surface area contributed by atoms with Gasteiger partial charge in [0.1, 0.15) is 5.52 Å². The van der Waals surface area contributed by atoms with Gasteiger partial charge in [0.05, 0.1) is 13.2 Å². The van der Waals surface area contributed by atoms with Gasteiger partial charge >= 0.3 is 6.03 Å². The normalized spacial score (nSPS) is 19.7. The molecule has 4 rings (SSSR count). The van der Waals surface area contributed by atoms with Crippen molar-refractivity contribution in [3.63, 3.8) is 0 Å². The van der Waals surface area contributed by atoms with Gasteiger partial charge in [-0.2, -0.15) is 0 Å². The van der Waals surface area contributed by atoms with Crippen LogP contribution in [0.15, 0.2) is 22.6 Å². The maximum Gasteiger partial charge on any atom is 0.319 e. The molecule has 1 aliphatic heterocycles. The van der Waals surface area contributed by atoms with Gasteiger partial charge in [0.2, 0.25) is 0 Å². The monoisotopic (exact) mass is 344 g/mol. The Balaban J connectivity index is 1.31. The van der Waals surface area contributed by atoms with Crippen LogP contribution in [0, 0.1) is 0 Å². The minimum Gasteiger partial charge on any atom is -0.440 e. The predicted molar refractivity (Wildman–Crippen MR) is 94.9 cm³/mol. The van der Waals surface area contributed by atoms with Crippen molar-refractivity contribution < 1.29 is 13.9 Å². The van der Waals surface area contributed by atoms with Crippen LogP contribution in [-0.2, 0) is 4.74 Å². The van der Waals surface area contributed by atoms with Crippen LogP contribution in [0.25, 0.3) is 11.1 Å². The van der Waals surface area contributed by atoms with Gasteiger partial charge in [0.25, 0.3) is 0 Å². The second-order valence-electron chi connectivity index (χ2n) is 6.84. The van der Waals surface area contributed by atoms with Crippen molar-refractivity contribution in [1.82, 2.24) is 15.2 Å². The van der Waals surface area contributed by atoms with Crippen molar-refractivity contribution in [2.24, 2.45) is 0 Å². The number of nitrogens with one attached hydrogen (secondary N) is 2. The number of hydrogen-bond acceptors (Lipinski definition) is 5. The van der Waals surface area contributed by atoms with Crippen LogP contribution in [0.5, 0.6) is 0 Å². The highest BCUT2D eigenvalue weighted by atomic mass is 16.5. The quantitative estimate of drug-likeness (QED) is 0.871. The molecule has 7 heteroatoms. The molecule has 2 heterocycles. The number of rotatable bonds is 5. The summed E-state index contributed by atoms with van der Waals surface area (Å²) in [6, 6.07) is 5.65. The summed E-state index contributed by atoms with van der Waals surface area (Å²) >= 11 is 0. The van der Waals surface area contributed by atoms with Crippen molar-refractivity contribution in [3.8, 4) is 0 Å². The Kier molecular flexibility index (Phi) is 4.59. The van der Waals surface area contributed by atoms with Gasteiger partial charge in [-0.05, 0) is 31.9 Å². The summed E-state index contributed by atoms with van der Waals surface area (Å²) < 4.78 is 11.1. The summed E-state index contributed by atoms with van der Waals surface area (Å²) in [6.07, 6.45) is 2.31. The number of fused-ring (bicyclic) bond motifs is 1. The highest BCUT2D eigenvalue weighted by Gasteiger charge is 2.28. The maximum atomic E-state index is 12.1. The molecule has 2 aliphatic rings. The van der Waals surface area contributed by atoms with E-state index < -0.39 is 0 Å². The van der Waals surface area contributed by atoms with E-state index in [0.717, 1.165) is 56.1 Å². The van der Waals surface area contributed by atoms with Crippen LogP contribution in [0.3, 0.4) is 0 Å². The molecule has 0 radical (unpaired) electrons. The molecular formula is C18H24N4O3. The third-order valence-corrected chi connectivity index (χ3v) is 4.82. The fourth-order valence-corrected chi connectivity index (χ4v) is 3.09. The van der Waals surface area contributed by atoms with Gasteiger partial charge < -0.3 is 19.8 Å². The van der Waals surface area contributed by atoms with Crippen molar-refractivity contribution in [2.45, 2.75) is 31.7 Å². The Morgan fingerprint density at radius 2 is 2.16 bits per heavy atom. The highest BCUT2D eigenvalue weighted by Crippen LogP contribution is 2.40. The average Bonchev–Trinajstić information content (AvgIpc) is 3.40. The van der Waals surface area contributed by atoms with E-state index >= 15 is 0 Å². The number of hydrogen-bond donors (Lipinski definition) is 2. The van der Waals surface area contributed by atoms with Crippen molar-refractivity contribution in [3.05, 3.63) is 24.1 Å². The number of benzene rings is 1. The largest absolute Gasteiger partial charge is 0.440 e. The van der Waals surface area contributed by atoms with E-state index in [2.05, 4.69) is 27.4 Å². The minimum absolute atomic E-state index is 0.207. The zero-order valence-corrected chi connectivity index (χ0v) is 14.5. The third kappa shape index (κ3) is 3.93. The molecule has 7 nitrogen and oxygen atoms in total. The summed E-state index contributed by atoms with van der Waals surface area (Å²) in [5, 5.41) is 5.80. The van der Waals surface area contributed by atoms with Gasteiger partial charge in [-0.25, -0.2) is 9.78 Å². The molecule has 1 unspecified atom stereocenters. The number of amides is 2. The summed E-state index contributed by atoms with van der Waals surface area (Å²) in [6.45, 7) is 6.06. The fraction of sp³-hybridized carbons (Fsp3) is 0.556. The molecule has 2 aromatic rings. The number of carbonyl (C=O) groups excluding carboxylic acids is 1. The predicted octanol–water partition coefficient (Wildman–Crippen LogP) is 2.55. The molecule has 1 saturated carbocycles. The smallest absolute Gasteiger partial charge is 0.319 e. The molecular weight excluding hydrogens is 320 g/mol. The van der Waals surface area contributed by atoms with Crippen LogP contribution in [0.4, 0.5) is 10.5 Å². The van der Waals surface area contributed by atoms with E-state index in [-0.39, 0.29) is 12.1 Å². The number of nitrogens with zero attached hydrogens (tertiary/aromatic N) is 2. The second-order valence-corrected chi connectivity index (χ2v) is 6.84. The topological polar surface area (TPSA) is 79.6 Å². The van der Waals surface area contributed by atoms with Gasteiger partial charge in [-0.1, -0.05) is 0 Å². The Morgan fingerprint density at radius 1 is 1.36 bits per heavy atom. The van der Waals surface area contributed by atoms with Crippen LogP contribution < -0.4 is 10.6 Å². The van der Waals surface area contributed by atoms with Gasteiger partial charge in [-0.15, -0.1) is 0 Å². The number of ether oxygens (including phenoxy) is 1. The molecule has 0 spiro atoms. The first kappa shape index (κ1) is 16.4. The van der Waals surface area contributed by atoms with E-state index in [1.54, 1.807) is 0 Å². The van der Waals surface area contributed by atoms with E-state index in [1.165, 1.54) is 0 Å². The highest BCUT2D eigenvalue weighted by molar-refractivity contribution is 5.91. The minimum atomic E-state index is -0.207. The molecule has 25 heavy (non-hydrogen) atoms. The lowest BCUT2D eigenvalue weighted by Gasteiger charge is -2.32. The zero-order chi connectivity index (χ0) is 17.2. The summed E-state index contributed by atoms with van der Waals surface area (Å²) in [5.41, 5.74) is 2.28. The summed E-state index contributed by atoms with van der Waals surface area (Å²) in [4.78, 5) is 19.0. The summed E-state index contributed by atoms with van der Waals surface area (Å²) in [7, 11) is 0. The number of carbonyl (C=O) groups is 1. The van der Waals surface area contributed by atoms with Crippen LogP contribution in [0.2, 0.25) is 0 Å². The lowest BCUT2D eigenvalue weighted by atomic mass is 10.2. The van der Waals surface area contributed by atoms with E-state index in [0.29, 0.717) is 18.2 Å². The SMILES string of the molecule is CC(CNC(=O)Nc1ccc2nc(C3CC3)oc2c1)N1CCOCC1. The molecule has 1 atom stereocenters. The molecule has 2 amide bonds. The van der Waals surface area contributed by atoms with Gasteiger partial charge in [-0.3, -0.25) is 4.90 Å². The Hall–Kier alpha value is -2.12. The van der Waals surface area contributed by atoms with E-state index in [4.69, 9.17) is 9.15 Å². The Bertz CT molecular complexity index is 750. The van der Waals surface area contributed by atoms with Gasteiger partial charge in [0, 0.05) is 43.3 Å². The number of aromatic nitrogens is 1. The molecule has 1 aliphatic carbocycles. The first-order chi connectivity index (χ1) is 12.2. The number of anilines is 1. The standard InChI is InChI=1S/C18H24N4O3/c1-12(22-6-8-24-9-7-22)11-19-18(23)20-14-4-5-15-16(10-14)25-17(21-15)13-2-3-13/h4-5,10,12-13H,2-3,6-9,11H2,1H3,(H2,19,20,23). The van der Waals surface area contributed by atoms with Crippen molar-refractivity contribution in [1.29, 1.82) is 0 Å². The first-order valence-corrected chi connectivity index (χ1v) is 8.96. The molecule has 134 valence electrons. The average molecular weight is 344 g/mol. The van der Waals surface area contributed by atoms with Gasteiger partial charge in [0.15, 0.2) is 11.5 Å². The van der Waals surface area contributed by atoms with Crippen LogP contribution in [-0.4, -0.2) is 54.8 Å². The lowest BCUT2D eigenvalue weighted by Crippen LogP contribution is -2.47. The van der Waals surface area contributed by atoms with Crippen LogP contribution >= 0.6 is 0 Å². The molecule has 1 aromatic carbocycles. The zero-order valence-electron chi connectivity index (χ0n) is 14.5. The Labute approximate surface area is 146 Å². The van der Waals surface area contributed by atoms with E-state index in [9.17, 15) is 4.79 Å². The van der Waals surface area contributed by atoms with E-state index in [1.807, 2.05) is 18.2 Å². The lowest BCUT2D eigenvalue weighted by molar-refractivity contribution is 0.0209. The second kappa shape index (κ2) is 7.01.